The summed E-state index contributed by atoms with van der Waals surface area (Å²) in [5.41, 5.74) is 2.94. The molecule has 4 rings (SSSR count). The predicted molar refractivity (Wildman–Crippen MR) is 104 cm³/mol. The number of nitrogens with zero attached hydrogens (tertiary/aromatic N) is 3. The number of ether oxygens (including phenoxy) is 1. The van der Waals surface area contributed by atoms with Gasteiger partial charge >= 0.3 is 12.1 Å². The van der Waals surface area contributed by atoms with Crippen LogP contribution in [0.15, 0.2) is 30.3 Å². The number of urea groups is 1. The molecule has 1 aromatic carbocycles. The Kier molecular flexibility index (Phi) is 4.70. The molecule has 0 bridgehead atoms. The topological polar surface area (TPSA) is 82.2 Å². The maximum atomic E-state index is 12.3. The van der Waals surface area contributed by atoms with Gasteiger partial charge in [-0.2, -0.15) is 0 Å². The molecule has 3 heterocycles. The Labute approximate surface area is 163 Å². The summed E-state index contributed by atoms with van der Waals surface area (Å²) in [7, 11) is 0. The number of carbonyl (C=O) groups excluding carboxylic acids is 3. The minimum Gasteiger partial charge on any atom is -0.442 e. The van der Waals surface area contributed by atoms with E-state index in [2.05, 4.69) is 11.4 Å². The molecule has 0 saturated carbocycles. The summed E-state index contributed by atoms with van der Waals surface area (Å²) in [4.78, 5) is 40.8. The van der Waals surface area contributed by atoms with Gasteiger partial charge in [-0.15, -0.1) is 0 Å². The highest BCUT2D eigenvalue weighted by molar-refractivity contribution is 5.90. The molecule has 0 aliphatic carbocycles. The van der Waals surface area contributed by atoms with Crippen LogP contribution in [0.4, 0.5) is 15.3 Å². The summed E-state index contributed by atoms with van der Waals surface area (Å²) in [5, 5.41) is 2.67. The van der Waals surface area contributed by atoms with Crippen LogP contribution in [-0.4, -0.2) is 72.7 Å². The van der Waals surface area contributed by atoms with E-state index >= 15 is 0 Å². The molecule has 8 heteroatoms. The fourth-order valence-corrected chi connectivity index (χ4v) is 3.93. The molecule has 4 amide bonds. The monoisotopic (exact) mass is 384 g/mol. The van der Waals surface area contributed by atoms with Crippen molar-refractivity contribution in [3.8, 4) is 0 Å². The fraction of sp³-hybridized carbons (Fsp3) is 0.450. The Morgan fingerprint density at radius 2 is 1.96 bits per heavy atom. The highest BCUT2D eigenvalue weighted by atomic mass is 16.6. The van der Waals surface area contributed by atoms with Crippen molar-refractivity contribution < 1.29 is 19.1 Å². The second kappa shape index (κ2) is 7.18. The van der Waals surface area contributed by atoms with Crippen LogP contribution >= 0.6 is 0 Å². The minimum atomic E-state index is -0.408. The Morgan fingerprint density at radius 3 is 2.61 bits per heavy atom. The van der Waals surface area contributed by atoms with Crippen molar-refractivity contribution in [2.24, 2.45) is 0 Å². The van der Waals surface area contributed by atoms with E-state index in [9.17, 15) is 14.4 Å². The van der Waals surface area contributed by atoms with Crippen LogP contribution in [0.3, 0.4) is 0 Å². The van der Waals surface area contributed by atoms with Gasteiger partial charge in [0.1, 0.15) is 6.10 Å². The van der Waals surface area contributed by atoms with Crippen molar-refractivity contribution in [1.82, 2.24) is 15.1 Å². The molecule has 0 radical (unpaired) electrons. The molecule has 1 aromatic rings. The largest absolute Gasteiger partial charge is 0.442 e. The number of anilines is 1. The number of carbonyl (C=O) groups is 3. The lowest BCUT2D eigenvalue weighted by Crippen LogP contribution is -2.33. The first-order valence-corrected chi connectivity index (χ1v) is 9.55. The lowest BCUT2D eigenvalue weighted by atomic mass is 10.1. The van der Waals surface area contributed by atoms with E-state index in [4.69, 9.17) is 4.74 Å². The zero-order valence-corrected chi connectivity index (χ0v) is 16.1. The van der Waals surface area contributed by atoms with Gasteiger partial charge in [-0.05, 0) is 30.2 Å². The number of hydrogen-bond acceptors (Lipinski definition) is 4. The number of cyclic esters (lactones) is 1. The van der Waals surface area contributed by atoms with Gasteiger partial charge in [0.25, 0.3) is 0 Å². The molecule has 1 N–H and O–H groups in total. The maximum absolute atomic E-state index is 12.3. The number of benzene rings is 1. The summed E-state index contributed by atoms with van der Waals surface area (Å²) in [6.07, 6.45) is 1.40. The molecule has 28 heavy (non-hydrogen) atoms. The molecular formula is C20H24N4O4. The van der Waals surface area contributed by atoms with Gasteiger partial charge in [0.2, 0.25) is 5.91 Å². The second-order valence-corrected chi connectivity index (χ2v) is 7.31. The van der Waals surface area contributed by atoms with Gasteiger partial charge in [0, 0.05) is 32.2 Å². The zero-order chi connectivity index (χ0) is 19.8. The molecular weight excluding hydrogens is 360 g/mol. The number of nitrogens with one attached hydrogen (secondary N) is 1. The first-order chi connectivity index (χ1) is 13.5. The van der Waals surface area contributed by atoms with Crippen molar-refractivity contribution >= 4 is 29.3 Å². The lowest BCUT2D eigenvalue weighted by Gasteiger charge is -2.17. The molecule has 1 unspecified atom stereocenters. The summed E-state index contributed by atoms with van der Waals surface area (Å²) in [5.74, 6) is -0.148. The third-order valence-electron chi connectivity index (χ3n) is 5.44. The van der Waals surface area contributed by atoms with Crippen molar-refractivity contribution in [1.29, 1.82) is 0 Å². The number of likely N-dealkylation sites (N-methyl/N-ethyl adjacent to an activating group) is 1. The smallest absolute Gasteiger partial charge is 0.414 e. The van der Waals surface area contributed by atoms with E-state index in [0.29, 0.717) is 19.6 Å². The number of amides is 4. The standard InChI is InChI=1S/C20H24N4O4/c1-3-22-11-17-8-15(10-23(17)19(22)26)14-4-6-16(7-5-14)24-12-18(28-20(24)27)9-21-13(2)25/h4-8,17-18H,3,9-12H2,1-2H3,(H,21,25)/t17?,18-/m0/s1. The summed E-state index contributed by atoms with van der Waals surface area (Å²) < 4.78 is 5.30. The van der Waals surface area contributed by atoms with Crippen LogP contribution < -0.4 is 10.2 Å². The molecule has 0 aromatic heterocycles. The summed E-state index contributed by atoms with van der Waals surface area (Å²) in [6, 6.07) is 7.97. The maximum Gasteiger partial charge on any atom is 0.414 e. The SMILES string of the molecule is CCN1CC2C=C(c3ccc(N4C[C@H](CNC(C)=O)OC4=O)cc3)CN2C1=O. The normalized spacial score (nSPS) is 23.8. The van der Waals surface area contributed by atoms with Gasteiger partial charge in [0.05, 0.1) is 19.1 Å². The highest BCUT2D eigenvalue weighted by Crippen LogP contribution is 2.31. The highest BCUT2D eigenvalue weighted by Gasteiger charge is 2.39. The lowest BCUT2D eigenvalue weighted by molar-refractivity contribution is -0.119. The van der Waals surface area contributed by atoms with Gasteiger partial charge in [0.15, 0.2) is 0 Å². The second-order valence-electron chi connectivity index (χ2n) is 7.31. The predicted octanol–water partition coefficient (Wildman–Crippen LogP) is 1.67. The van der Waals surface area contributed by atoms with Crippen molar-refractivity contribution in [3.63, 3.8) is 0 Å². The van der Waals surface area contributed by atoms with Crippen molar-refractivity contribution in [2.45, 2.75) is 26.0 Å². The quantitative estimate of drug-likeness (QED) is 0.837. The van der Waals surface area contributed by atoms with Crippen LogP contribution in [0.25, 0.3) is 5.57 Å². The number of fused-ring (bicyclic) bond motifs is 1. The van der Waals surface area contributed by atoms with Gasteiger partial charge < -0.3 is 19.9 Å². The van der Waals surface area contributed by atoms with Crippen LogP contribution in [0, 0.1) is 0 Å². The number of hydrogen-bond donors (Lipinski definition) is 1. The average Bonchev–Trinajstić information content (AvgIpc) is 3.34. The van der Waals surface area contributed by atoms with Gasteiger partial charge in [-0.1, -0.05) is 18.2 Å². The molecule has 0 spiro atoms. The fourth-order valence-electron chi connectivity index (χ4n) is 3.93. The van der Waals surface area contributed by atoms with Crippen LogP contribution in [-0.2, 0) is 9.53 Å². The molecule has 2 atom stereocenters. The Balaban J connectivity index is 1.42. The first kappa shape index (κ1) is 18.3. The van der Waals surface area contributed by atoms with Crippen molar-refractivity contribution in [2.75, 3.05) is 37.6 Å². The summed E-state index contributed by atoms with van der Waals surface area (Å²) >= 11 is 0. The minimum absolute atomic E-state index is 0.0976. The average molecular weight is 384 g/mol. The molecule has 2 saturated heterocycles. The number of rotatable bonds is 5. The van der Waals surface area contributed by atoms with E-state index in [0.717, 1.165) is 29.9 Å². The molecule has 148 valence electrons. The van der Waals surface area contributed by atoms with E-state index in [1.807, 2.05) is 41.0 Å². The first-order valence-electron chi connectivity index (χ1n) is 9.55. The van der Waals surface area contributed by atoms with Crippen molar-refractivity contribution in [3.05, 3.63) is 35.9 Å². The van der Waals surface area contributed by atoms with Crippen LogP contribution in [0.2, 0.25) is 0 Å². The van der Waals surface area contributed by atoms with E-state index in [1.165, 1.54) is 6.92 Å². The van der Waals surface area contributed by atoms with E-state index in [-0.39, 0.29) is 24.1 Å². The molecule has 3 aliphatic rings. The van der Waals surface area contributed by atoms with E-state index in [1.54, 1.807) is 4.90 Å². The Morgan fingerprint density at radius 1 is 1.21 bits per heavy atom. The van der Waals surface area contributed by atoms with Crippen LogP contribution in [0.5, 0.6) is 0 Å². The third-order valence-corrected chi connectivity index (χ3v) is 5.44. The molecule has 8 nitrogen and oxygen atoms in total. The molecule has 2 fully saturated rings. The summed E-state index contributed by atoms with van der Waals surface area (Å²) in [6.45, 7) is 6.23. The van der Waals surface area contributed by atoms with Gasteiger partial charge in [-0.3, -0.25) is 9.69 Å². The zero-order valence-electron chi connectivity index (χ0n) is 16.1. The molecule has 3 aliphatic heterocycles. The Bertz CT molecular complexity index is 835. The third kappa shape index (κ3) is 3.30. The Hall–Kier alpha value is -3.03. The van der Waals surface area contributed by atoms with E-state index < -0.39 is 6.09 Å². The van der Waals surface area contributed by atoms with Crippen LogP contribution in [0.1, 0.15) is 19.4 Å². The van der Waals surface area contributed by atoms with Gasteiger partial charge in [-0.25, -0.2) is 9.59 Å².